The molecule has 0 heterocycles. The largest absolute Gasteiger partial charge is 0.477 e. The maximum atomic E-state index is 13.0. The summed E-state index contributed by atoms with van der Waals surface area (Å²) < 4.78 is 23.0. The van der Waals surface area contributed by atoms with E-state index in [2.05, 4.69) is 148 Å². The summed E-state index contributed by atoms with van der Waals surface area (Å²) in [7, 11) is 5.98. The van der Waals surface area contributed by atoms with Crippen molar-refractivity contribution in [1.82, 2.24) is 0 Å². The van der Waals surface area contributed by atoms with Crippen LogP contribution in [0.3, 0.4) is 0 Å². The Morgan fingerprint density at radius 1 is 0.337 bits per heavy atom. The third-order valence-corrected chi connectivity index (χ3v) is 15.4. The second-order valence-electron chi connectivity index (χ2n) is 25.1. The van der Waals surface area contributed by atoms with Crippen LogP contribution in [-0.4, -0.2) is 87.4 Å². The van der Waals surface area contributed by atoms with Gasteiger partial charge >= 0.3 is 17.9 Å². The lowest BCUT2D eigenvalue weighted by Gasteiger charge is -2.25. The van der Waals surface area contributed by atoms with Crippen molar-refractivity contribution in [2.45, 2.75) is 309 Å². The molecule has 0 spiro atoms. The first kappa shape index (κ1) is 84.4. The molecule has 0 rings (SSSR count). The van der Waals surface area contributed by atoms with Crippen LogP contribution in [0, 0.1) is 0 Å². The molecule has 0 fully saturated rings. The summed E-state index contributed by atoms with van der Waals surface area (Å²) in [5.74, 6) is -2.01. The highest BCUT2D eigenvalue weighted by Gasteiger charge is 2.25. The first-order valence-corrected chi connectivity index (χ1v) is 36.3. The molecule has 0 aliphatic rings. The van der Waals surface area contributed by atoms with Gasteiger partial charge in [0, 0.05) is 12.8 Å². The molecule has 0 saturated carbocycles. The summed E-state index contributed by atoms with van der Waals surface area (Å²) in [5, 5.41) is 9.76. The molecule has 0 aromatic carbocycles. The molecule has 0 radical (unpaired) electrons. The van der Waals surface area contributed by atoms with Gasteiger partial charge in [0.15, 0.2) is 6.10 Å². The Labute approximate surface area is 548 Å². The van der Waals surface area contributed by atoms with Crippen LogP contribution in [0.1, 0.15) is 296 Å². The molecule has 0 bridgehead atoms. The molecule has 1 N–H and O–H groups in total. The van der Waals surface area contributed by atoms with Crippen LogP contribution < -0.4 is 0 Å². The Bertz CT molecular complexity index is 1930. The van der Waals surface area contributed by atoms with Gasteiger partial charge in [-0.25, -0.2) is 4.79 Å². The Kier molecular flexibility index (Phi) is 65.8. The molecule has 0 aliphatic heterocycles. The van der Waals surface area contributed by atoms with Gasteiger partial charge in [-0.1, -0.05) is 308 Å². The zero-order valence-corrected chi connectivity index (χ0v) is 58.0. The average Bonchev–Trinajstić information content (AvgIpc) is 3.64. The summed E-state index contributed by atoms with van der Waals surface area (Å²) >= 11 is 0. The molecule has 2 atom stereocenters. The minimum Gasteiger partial charge on any atom is -0.477 e. The number of aliphatic carboxylic acids is 1. The lowest BCUT2D eigenvalue weighted by Crippen LogP contribution is -2.40. The molecule has 0 saturated heterocycles. The third-order valence-electron chi connectivity index (χ3n) is 15.4. The molecule has 0 aromatic heterocycles. The fourth-order valence-corrected chi connectivity index (χ4v) is 9.93. The summed E-state index contributed by atoms with van der Waals surface area (Å²) in [6.07, 6.45) is 97.1. The minimum atomic E-state index is -1.52. The molecule has 0 aliphatic carbocycles. The number of esters is 2. The normalized spacial score (nSPS) is 13.5. The van der Waals surface area contributed by atoms with Crippen LogP contribution in [0.25, 0.3) is 0 Å². The number of rotatable bonds is 66. The number of carbonyl (C=O) groups excluding carboxylic acids is 2. The monoisotopic (exact) mass is 1240 g/mol. The topological polar surface area (TPSA) is 108 Å². The number of unbranched alkanes of at least 4 members (excludes halogenated alkanes) is 29. The summed E-state index contributed by atoms with van der Waals surface area (Å²) in [6.45, 7) is 4.67. The van der Waals surface area contributed by atoms with Crippen LogP contribution >= 0.6 is 0 Å². The van der Waals surface area contributed by atoms with Crippen molar-refractivity contribution in [2.75, 3.05) is 47.5 Å². The van der Waals surface area contributed by atoms with Crippen LogP contribution in [0.4, 0.5) is 0 Å². The van der Waals surface area contributed by atoms with Gasteiger partial charge in [0.05, 0.1) is 34.4 Å². The number of allylic oxidation sites excluding steroid dienone is 22. The van der Waals surface area contributed by atoms with Crippen LogP contribution in [0.5, 0.6) is 0 Å². The van der Waals surface area contributed by atoms with Crippen molar-refractivity contribution in [1.29, 1.82) is 0 Å². The van der Waals surface area contributed by atoms with Gasteiger partial charge in [-0.3, -0.25) is 9.59 Å². The van der Waals surface area contributed by atoms with Gasteiger partial charge in [-0.05, 0) is 109 Å². The van der Waals surface area contributed by atoms with Crippen molar-refractivity contribution in [3.8, 4) is 0 Å². The van der Waals surface area contributed by atoms with Gasteiger partial charge in [0.25, 0.3) is 6.29 Å². The number of carboxylic acid groups (broad SMARTS) is 1. The zero-order chi connectivity index (χ0) is 64.7. The van der Waals surface area contributed by atoms with E-state index >= 15 is 0 Å². The molecule has 0 aromatic rings. The SMILES string of the molecule is CC/C=C\C/C=C\C/C=C\C/C=C\C/C=C\C/C=C\C/C=C\CCCCCCCCCCCCCC(=O)OC(COC(=O)CCCCCCCCCCCCCCCCCCCC/C=C\C/C=C\C/C=C\C/C=C\CC)COC(OCC[N+](C)(C)C)C(=O)O. The first-order valence-electron chi connectivity index (χ1n) is 36.3. The van der Waals surface area contributed by atoms with Crippen molar-refractivity contribution in [2.24, 2.45) is 0 Å². The summed E-state index contributed by atoms with van der Waals surface area (Å²) in [4.78, 5) is 37.7. The van der Waals surface area contributed by atoms with Crippen LogP contribution in [0.15, 0.2) is 134 Å². The molecule has 2 unspecified atom stereocenters. The number of likely N-dealkylation sites (N-methyl/N-ethyl adjacent to an activating group) is 1. The fraction of sp³-hybridized carbons (Fsp3) is 0.688. The molecule has 508 valence electrons. The third kappa shape index (κ3) is 70.7. The van der Waals surface area contributed by atoms with Crippen molar-refractivity contribution in [3.05, 3.63) is 134 Å². The number of quaternary nitrogens is 1. The fourth-order valence-electron chi connectivity index (χ4n) is 9.93. The van der Waals surface area contributed by atoms with E-state index in [-0.39, 0.29) is 32.2 Å². The van der Waals surface area contributed by atoms with E-state index in [0.29, 0.717) is 23.9 Å². The predicted octanol–water partition coefficient (Wildman–Crippen LogP) is 22.9. The van der Waals surface area contributed by atoms with Gasteiger partial charge in [-0.2, -0.15) is 0 Å². The minimum absolute atomic E-state index is 0.183. The standard InChI is InChI=1S/C80H135NO8/c1-6-8-10-12-14-16-18-20-22-24-26-28-30-32-34-36-38-39-41-43-45-47-49-51-53-55-57-59-61-63-65-67-69-71-78(83)89-76(75-88-80(79(84)85)86-73-72-81(3,4)5)74-87-77(82)70-68-66-64-62-60-58-56-54-52-50-48-46-44-42-40-37-35-33-31-29-27-25-23-21-19-17-15-13-11-9-7-2/h8-11,14-17,20-23,26-29,32,34,38-39,43,45,76,80H,6-7,12-13,18-19,24-25,30-31,33,35-37,40-42,44,46-75H2,1-5H3/p+1/b10-8-,11-9-,16-14-,17-15-,22-20-,23-21-,28-26-,29-27-,34-32-,39-38-,45-43-. The highest BCUT2D eigenvalue weighted by atomic mass is 16.7. The Morgan fingerprint density at radius 3 is 0.899 bits per heavy atom. The molecule has 89 heavy (non-hydrogen) atoms. The van der Waals surface area contributed by atoms with E-state index in [1.807, 2.05) is 21.1 Å². The predicted molar refractivity (Wildman–Crippen MR) is 382 cm³/mol. The van der Waals surface area contributed by atoms with Gasteiger partial charge in [0.2, 0.25) is 0 Å². The highest BCUT2D eigenvalue weighted by molar-refractivity contribution is 5.71. The summed E-state index contributed by atoms with van der Waals surface area (Å²) in [6, 6.07) is 0. The number of carboxylic acids is 1. The Morgan fingerprint density at radius 2 is 0.607 bits per heavy atom. The number of hydrogen-bond acceptors (Lipinski definition) is 7. The molecule has 9 heteroatoms. The van der Waals surface area contributed by atoms with E-state index in [0.717, 1.165) is 116 Å². The molecule has 0 amide bonds. The van der Waals surface area contributed by atoms with E-state index in [9.17, 15) is 19.5 Å². The zero-order valence-electron chi connectivity index (χ0n) is 58.0. The smallest absolute Gasteiger partial charge is 0.361 e. The van der Waals surface area contributed by atoms with E-state index in [1.54, 1.807) is 0 Å². The van der Waals surface area contributed by atoms with Crippen LogP contribution in [-0.2, 0) is 33.3 Å². The van der Waals surface area contributed by atoms with Gasteiger partial charge < -0.3 is 28.5 Å². The second-order valence-corrected chi connectivity index (χ2v) is 25.1. The van der Waals surface area contributed by atoms with Gasteiger partial charge in [0.1, 0.15) is 13.2 Å². The number of ether oxygens (including phenoxy) is 4. The Hall–Kier alpha value is -4.57. The molecular weight excluding hydrogens is 1100 g/mol. The maximum Gasteiger partial charge on any atom is 0.361 e. The Balaban J connectivity index is 4.12. The first-order chi connectivity index (χ1) is 43.6. The molecular formula is C80H136NO8+. The van der Waals surface area contributed by atoms with Gasteiger partial charge in [-0.15, -0.1) is 0 Å². The quantitative estimate of drug-likeness (QED) is 0.0211. The lowest BCUT2D eigenvalue weighted by atomic mass is 10.0. The lowest BCUT2D eigenvalue weighted by molar-refractivity contribution is -0.870. The van der Waals surface area contributed by atoms with Crippen LogP contribution in [0.2, 0.25) is 0 Å². The summed E-state index contributed by atoms with van der Waals surface area (Å²) in [5.41, 5.74) is 0. The van der Waals surface area contributed by atoms with Crippen molar-refractivity contribution >= 4 is 17.9 Å². The highest BCUT2D eigenvalue weighted by Crippen LogP contribution is 2.17. The van der Waals surface area contributed by atoms with Crippen molar-refractivity contribution < 1.29 is 42.9 Å². The molecule has 9 nitrogen and oxygen atoms in total. The second kappa shape index (κ2) is 69.3. The van der Waals surface area contributed by atoms with E-state index in [1.165, 1.54) is 148 Å². The van der Waals surface area contributed by atoms with Crippen molar-refractivity contribution in [3.63, 3.8) is 0 Å². The van der Waals surface area contributed by atoms with E-state index in [4.69, 9.17) is 18.9 Å². The van der Waals surface area contributed by atoms with E-state index < -0.39 is 24.3 Å². The maximum absolute atomic E-state index is 13.0. The number of carbonyl (C=O) groups is 3. The average molecular weight is 1240 g/mol. The number of nitrogens with zero attached hydrogens (tertiary/aromatic N) is 1. The number of hydrogen-bond donors (Lipinski definition) is 1.